The molecule has 0 aliphatic carbocycles. The molecular formula is C27H22N3O6+. The number of pyridine rings is 1. The molecule has 9 nitrogen and oxygen atoms in total. The van der Waals surface area contributed by atoms with Gasteiger partial charge in [0.05, 0.1) is 18.9 Å². The summed E-state index contributed by atoms with van der Waals surface area (Å²) in [6, 6.07) is 18.2. The molecule has 1 saturated heterocycles. The number of carbonyl (C=O) groups is 3. The second kappa shape index (κ2) is 9.83. The first-order chi connectivity index (χ1) is 17.5. The van der Waals surface area contributed by atoms with Crippen LogP contribution in [0.25, 0.3) is 22.8 Å². The van der Waals surface area contributed by atoms with Crippen LogP contribution in [0.4, 0.5) is 0 Å². The molecule has 180 valence electrons. The third kappa shape index (κ3) is 4.85. The van der Waals surface area contributed by atoms with Crippen LogP contribution >= 0.6 is 0 Å². The topological polar surface area (TPSA) is 103 Å². The highest BCUT2D eigenvalue weighted by atomic mass is 16.7. The van der Waals surface area contributed by atoms with Crippen LogP contribution in [-0.2, 0) is 21.0 Å². The van der Waals surface area contributed by atoms with E-state index >= 15 is 0 Å². The number of rotatable bonds is 7. The summed E-state index contributed by atoms with van der Waals surface area (Å²) in [6.45, 7) is 0.492. The van der Waals surface area contributed by atoms with Crippen molar-refractivity contribution in [1.82, 2.24) is 10.0 Å². The molecule has 0 radical (unpaired) electrons. The van der Waals surface area contributed by atoms with E-state index in [4.69, 9.17) is 14.0 Å². The Balaban J connectivity index is 1.25. The summed E-state index contributed by atoms with van der Waals surface area (Å²) in [6.07, 6.45) is 5.56. The largest absolute Gasteiger partial charge is 0.497 e. The average molecular weight is 484 g/mol. The maximum absolute atomic E-state index is 12.4. The lowest BCUT2D eigenvalue weighted by Crippen LogP contribution is -2.33. The van der Waals surface area contributed by atoms with Gasteiger partial charge in [-0.1, -0.05) is 12.1 Å². The van der Waals surface area contributed by atoms with Crippen LogP contribution in [-0.4, -0.2) is 34.9 Å². The van der Waals surface area contributed by atoms with Gasteiger partial charge in [0.1, 0.15) is 5.75 Å². The number of amides is 2. The van der Waals surface area contributed by atoms with Crippen molar-refractivity contribution in [2.75, 3.05) is 7.11 Å². The number of carbonyl (C=O) groups excluding carboxylic acids is 3. The molecule has 5 rings (SSSR count). The molecule has 1 aliphatic heterocycles. The third-order valence-electron chi connectivity index (χ3n) is 5.73. The molecule has 1 aliphatic rings. The zero-order chi connectivity index (χ0) is 25.1. The van der Waals surface area contributed by atoms with Crippen LogP contribution in [0.15, 0.2) is 83.7 Å². The zero-order valence-electron chi connectivity index (χ0n) is 19.4. The molecule has 1 fully saturated rings. The molecule has 2 amide bonds. The second-order valence-corrected chi connectivity index (χ2v) is 8.18. The number of hydrogen-bond donors (Lipinski definition) is 0. The van der Waals surface area contributed by atoms with E-state index in [1.165, 1.54) is 0 Å². The maximum atomic E-state index is 12.4. The fraction of sp³-hybridized carbons (Fsp3) is 0.148. The third-order valence-corrected chi connectivity index (χ3v) is 5.73. The van der Waals surface area contributed by atoms with Gasteiger partial charge in [0.15, 0.2) is 24.7 Å². The molecule has 0 N–H and O–H groups in total. The monoisotopic (exact) mass is 484 g/mol. The summed E-state index contributed by atoms with van der Waals surface area (Å²) in [5, 5.41) is 0.547. The molecular weight excluding hydrogens is 462 g/mol. The number of nitrogens with zero attached hydrogens (tertiary/aromatic N) is 3. The minimum atomic E-state index is -0.752. The van der Waals surface area contributed by atoms with Crippen LogP contribution < -0.4 is 9.30 Å². The number of ether oxygens (including phenoxy) is 1. The van der Waals surface area contributed by atoms with Gasteiger partial charge in [-0.25, -0.2) is 14.3 Å². The quantitative estimate of drug-likeness (QED) is 0.292. The number of hydrogen-bond acceptors (Lipinski definition) is 7. The van der Waals surface area contributed by atoms with Crippen molar-refractivity contribution >= 4 is 17.8 Å². The predicted octanol–water partition coefficient (Wildman–Crippen LogP) is 3.57. The van der Waals surface area contributed by atoms with Crippen LogP contribution in [0, 0.1) is 0 Å². The first-order valence-electron chi connectivity index (χ1n) is 11.3. The number of imide groups is 1. The fourth-order valence-corrected chi connectivity index (χ4v) is 3.80. The molecule has 2 aromatic heterocycles. The van der Waals surface area contributed by atoms with Crippen molar-refractivity contribution in [2.45, 2.75) is 19.4 Å². The molecule has 2 aromatic carbocycles. The maximum Gasteiger partial charge on any atom is 0.363 e. The Morgan fingerprint density at radius 3 is 2.42 bits per heavy atom. The van der Waals surface area contributed by atoms with E-state index in [9.17, 15) is 14.4 Å². The second-order valence-electron chi connectivity index (χ2n) is 8.18. The number of methoxy groups -OCH3 is 1. The van der Waals surface area contributed by atoms with Gasteiger partial charge in [0, 0.05) is 41.7 Å². The molecule has 0 atom stereocenters. The van der Waals surface area contributed by atoms with E-state index in [-0.39, 0.29) is 18.4 Å². The van der Waals surface area contributed by atoms with E-state index < -0.39 is 17.8 Å². The van der Waals surface area contributed by atoms with Crippen LogP contribution in [0.2, 0.25) is 0 Å². The lowest BCUT2D eigenvalue weighted by Gasteiger charge is -2.12. The molecule has 9 heteroatoms. The zero-order valence-corrected chi connectivity index (χ0v) is 19.4. The van der Waals surface area contributed by atoms with Gasteiger partial charge in [0.25, 0.3) is 11.8 Å². The van der Waals surface area contributed by atoms with Crippen molar-refractivity contribution < 1.29 is 32.9 Å². The molecule has 0 unspecified atom stereocenters. The predicted molar refractivity (Wildman–Crippen MR) is 126 cm³/mol. The van der Waals surface area contributed by atoms with Crippen LogP contribution in [0.1, 0.15) is 28.8 Å². The van der Waals surface area contributed by atoms with Gasteiger partial charge >= 0.3 is 5.97 Å². The smallest absolute Gasteiger partial charge is 0.363 e. The van der Waals surface area contributed by atoms with Crippen molar-refractivity contribution in [2.24, 2.45) is 0 Å². The Kier molecular flexibility index (Phi) is 6.27. The SMILES string of the molecule is COc1ccc(-c2cnc(-c3cc[n+](Cc4cccc(C(=O)ON5C(=O)CCC5=O)c4)cc3)o2)cc1. The van der Waals surface area contributed by atoms with Crippen LogP contribution in [0.3, 0.4) is 0 Å². The molecule has 3 heterocycles. The number of oxazole rings is 1. The van der Waals surface area contributed by atoms with Crippen molar-refractivity contribution in [1.29, 1.82) is 0 Å². The standard InChI is InChI=1S/C27H22N3O6/c1-34-22-7-5-19(6-8-22)23-16-28-26(35-23)20-11-13-29(14-12-20)17-18-3-2-4-21(15-18)27(33)36-30-24(31)9-10-25(30)32/h2-8,11-16H,9-10,17H2,1H3/q+1. The Morgan fingerprint density at radius 1 is 1.00 bits per heavy atom. The van der Waals surface area contributed by atoms with Gasteiger partial charge in [-0.15, -0.1) is 5.06 Å². The van der Waals surface area contributed by atoms with Crippen molar-refractivity contribution in [3.8, 4) is 28.5 Å². The number of aromatic nitrogens is 2. The Morgan fingerprint density at radius 2 is 1.72 bits per heavy atom. The van der Waals surface area contributed by atoms with Crippen LogP contribution in [0.5, 0.6) is 5.75 Å². The Hall–Kier alpha value is -4.79. The summed E-state index contributed by atoms with van der Waals surface area (Å²) in [5.41, 5.74) is 2.82. The highest BCUT2D eigenvalue weighted by Crippen LogP contribution is 2.27. The fourth-order valence-electron chi connectivity index (χ4n) is 3.80. The average Bonchev–Trinajstić information content (AvgIpc) is 3.52. The summed E-state index contributed by atoms with van der Waals surface area (Å²) < 4.78 is 13.1. The van der Waals surface area contributed by atoms with Crippen molar-refractivity contribution in [3.63, 3.8) is 0 Å². The Bertz CT molecular complexity index is 1410. The number of benzene rings is 2. The van der Waals surface area contributed by atoms with Gasteiger partial charge in [0.2, 0.25) is 5.89 Å². The summed E-state index contributed by atoms with van der Waals surface area (Å²) in [7, 11) is 1.62. The first kappa shape index (κ1) is 23.0. The van der Waals surface area contributed by atoms with E-state index in [1.807, 2.05) is 59.4 Å². The van der Waals surface area contributed by atoms with E-state index in [0.29, 0.717) is 23.3 Å². The van der Waals surface area contributed by atoms with E-state index in [2.05, 4.69) is 4.98 Å². The van der Waals surface area contributed by atoms with Gasteiger partial charge in [-0.05, 0) is 36.4 Å². The molecule has 0 spiro atoms. The van der Waals surface area contributed by atoms with Gasteiger partial charge in [-0.3, -0.25) is 9.59 Å². The highest BCUT2D eigenvalue weighted by Gasteiger charge is 2.33. The normalized spacial score (nSPS) is 13.2. The van der Waals surface area contributed by atoms with Crippen molar-refractivity contribution in [3.05, 3.63) is 90.4 Å². The highest BCUT2D eigenvalue weighted by molar-refractivity contribution is 6.02. The molecule has 0 bridgehead atoms. The molecule has 0 saturated carbocycles. The minimum Gasteiger partial charge on any atom is -0.497 e. The summed E-state index contributed by atoms with van der Waals surface area (Å²) in [4.78, 5) is 45.2. The van der Waals surface area contributed by atoms with E-state index in [0.717, 1.165) is 22.4 Å². The summed E-state index contributed by atoms with van der Waals surface area (Å²) in [5.74, 6) is 0.154. The Labute approximate surface area is 206 Å². The van der Waals surface area contributed by atoms with Gasteiger partial charge in [-0.2, -0.15) is 0 Å². The molecule has 4 aromatic rings. The minimum absolute atomic E-state index is 0.0507. The molecule has 36 heavy (non-hydrogen) atoms. The number of hydroxylamine groups is 2. The lowest BCUT2D eigenvalue weighted by molar-refractivity contribution is -0.688. The first-order valence-corrected chi connectivity index (χ1v) is 11.3. The lowest BCUT2D eigenvalue weighted by atomic mass is 10.1. The van der Waals surface area contributed by atoms with E-state index in [1.54, 1.807) is 31.5 Å². The summed E-state index contributed by atoms with van der Waals surface area (Å²) >= 11 is 0. The van der Waals surface area contributed by atoms with Gasteiger partial charge < -0.3 is 14.0 Å².